The summed E-state index contributed by atoms with van der Waals surface area (Å²) in [5.41, 5.74) is 6.36. The maximum absolute atomic E-state index is 10.5. The molecule has 0 aromatic heterocycles. The van der Waals surface area contributed by atoms with E-state index in [0.717, 1.165) is 44.3 Å². The van der Waals surface area contributed by atoms with E-state index in [1.807, 2.05) is 19.1 Å². The highest BCUT2D eigenvalue weighted by molar-refractivity contribution is 5.29. The van der Waals surface area contributed by atoms with E-state index in [-0.39, 0.29) is 6.10 Å². The minimum atomic E-state index is -0.445. The number of rotatable bonds is 6. The van der Waals surface area contributed by atoms with E-state index < -0.39 is 5.60 Å². The molecule has 0 saturated heterocycles. The third-order valence-electron chi connectivity index (χ3n) is 4.23. The Labute approximate surface area is 122 Å². The minimum absolute atomic E-state index is 0.0350. The summed E-state index contributed by atoms with van der Waals surface area (Å²) in [7, 11) is 0. The molecule has 112 valence electrons. The Morgan fingerprint density at radius 3 is 2.75 bits per heavy atom. The fourth-order valence-corrected chi connectivity index (χ4v) is 2.89. The molecule has 0 unspecified atom stereocenters. The van der Waals surface area contributed by atoms with Gasteiger partial charge in [-0.1, -0.05) is 31.4 Å². The van der Waals surface area contributed by atoms with Crippen LogP contribution in [-0.2, 0) is 6.42 Å². The van der Waals surface area contributed by atoms with Crippen LogP contribution in [0.15, 0.2) is 24.3 Å². The summed E-state index contributed by atoms with van der Waals surface area (Å²) in [4.78, 5) is 0. The van der Waals surface area contributed by atoms with E-state index in [0.29, 0.717) is 6.54 Å². The lowest BCUT2D eigenvalue weighted by molar-refractivity contribution is -0.00343. The van der Waals surface area contributed by atoms with Gasteiger partial charge in [0.2, 0.25) is 0 Å². The summed E-state index contributed by atoms with van der Waals surface area (Å²) in [6, 6.07) is 8.15. The number of benzene rings is 1. The van der Waals surface area contributed by atoms with Crippen molar-refractivity contribution in [1.29, 1.82) is 0 Å². The molecule has 0 amide bonds. The molecule has 2 rings (SSSR count). The highest BCUT2D eigenvalue weighted by atomic mass is 16.5. The molecule has 1 aliphatic rings. The summed E-state index contributed by atoms with van der Waals surface area (Å²) < 4.78 is 5.73. The lowest BCUT2D eigenvalue weighted by Gasteiger charge is -2.32. The number of aryl methyl sites for hydroxylation is 1. The zero-order valence-corrected chi connectivity index (χ0v) is 12.5. The summed E-state index contributed by atoms with van der Waals surface area (Å²) in [6.45, 7) is 2.49. The molecule has 0 bridgehead atoms. The van der Waals surface area contributed by atoms with Crippen LogP contribution in [0.5, 0.6) is 5.75 Å². The quantitative estimate of drug-likeness (QED) is 0.840. The van der Waals surface area contributed by atoms with Crippen LogP contribution in [0.4, 0.5) is 0 Å². The molecule has 20 heavy (non-hydrogen) atoms. The maximum Gasteiger partial charge on any atom is 0.120 e. The minimum Gasteiger partial charge on any atom is -0.489 e. The molecule has 1 atom stereocenters. The smallest absolute Gasteiger partial charge is 0.120 e. The topological polar surface area (TPSA) is 55.5 Å². The first-order valence-corrected chi connectivity index (χ1v) is 7.79. The lowest BCUT2D eigenvalue weighted by atomic mass is 9.81. The van der Waals surface area contributed by atoms with Crippen LogP contribution in [0.3, 0.4) is 0 Å². The van der Waals surface area contributed by atoms with Crippen LogP contribution < -0.4 is 10.5 Å². The first kappa shape index (κ1) is 15.3. The third-order valence-corrected chi connectivity index (χ3v) is 4.23. The van der Waals surface area contributed by atoms with Crippen LogP contribution in [-0.4, -0.2) is 23.4 Å². The third kappa shape index (κ3) is 4.50. The molecular weight excluding hydrogens is 250 g/mol. The molecule has 1 saturated carbocycles. The van der Waals surface area contributed by atoms with E-state index >= 15 is 0 Å². The summed E-state index contributed by atoms with van der Waals surface area (Å²) in [5.74, 6) is 0.871. The van der Waals surface area contributed by atoms with E-state index in [9.17, 15) is 5.11 Å². The second-order valence-electron chi connectivity index (χ2n) is 6.10. The molecule has 3 heteroatoms. The summed E-state index contributed by atoms with van der Waals surface area (Å²) in [5, 5.41) is 10.5. The van der Waals surface area contributed by atoms with Crippen molar-refractivity contribution in [2.75, 3.05) is 6.54 Å². The van der Waals surface area contributed by atoms with Gasteiger partial charge < -0.3 is 15.6 Å². The summed E-state index contributed by atoms with van der Waals surface area (Å²) in [6.07, 6.45) is 7.28. The van der Waals surface area contributed by atoms with Gasteiger partial charge in [-0.3, -0.25) is 0 Å². The number of hydrogen-bond acceptors (Lipinski definition) is 3. The molecule has 3 nitrogen and oxygen atoms in total. The second kappa shape index (κ2) is 7.09. The van der Waals surface area contributed by atoms with Gasteiger partial charge in [-0.2, -0.15) is 0 Å². The number of nitrogens with two attached hydrogens (primary N) is 1. The van der Waals surface area contributed by atoms with Crippen LogP contribution in [0.25, 0.3) is 0 Å². The van der Waals surface area contributed by atoms with Crippen molar-refractivity contribution in [3.8, 4) is 5.75 Å². The van der Waals surface area contributed by atoms with Crippen molar-refractivity contribution in [2.24, 2.45) is 5.73 Å². The monoisotopic (exact) mass is 277 g/mol. The Morgan fingerprint density at radius 1 is 1.30 bits per heavy atom. The molecule has 1 aromatic rings. The molecule has 0 heterocycles. The SMILES string of the molecule is C[C@@H](CN)Oc1cccc(CCC2(O)CCCCC2)c1. The van der Waals surface area contributed by atoms with E-state index in [1.165, 1.54) is 12.0 Å². The van der Waals surface area contributed by atoms with Crippen molar-refractivity contribution >= 4 is 0 Å². The zero-order chi connectivity index (χ0) is 14.4. The van der Waals surface area contributed by atoms with Gasteiger partial charge in [0.05, 0.1) is 5.60 Å². The largest absolute Gasteiger partial charge is 0.489 e. The van der Waals surface area contributed by atoms with Crippen LogP contribution in [0, 0.1) is 0 Å². The molecule has 1 aromatic carbocycles. The van der Waals surface area contributed by atoms with Crippen molar-refractivity contribution < 1.29 is 9.84 Å². The Hall–Kier alpha value is -1.06. The molecule has 0 aliphatic heterocycles. The van der Waals surface area contributed by atoms with Crippen LogP contribution in [0.2, 0.25) is 0 Å². The van der Waals surface area contributed by atoms with Gasteiger partial charge in [-0.25, -0.2) is 0 Å². The van der Waals surface area contributed by atoms with Crippen LogP contribution in [0.1, 0.15) is 51.0 Å². The standard InChI is InChI=1S/C17H27NO2/c1-14(13-18)20-16-7-5-6-15(12-16)8-11-17(19)9-3-2-4-10-17/h5-7,12,14,19H,2-4,8-11,13,18H2,1H3/t14-/m0/s1. The van der Waals surface area contributed by atoms with E-state index in [2.05, 4.69) is 12.1 Å². The first-order chi connectivity index (χ1) is 9.61. The summed E-state index contributed by atoms with van der Waals surface area (Å²) >= 11 is 0. The predicted molar refractivity (Wildman–Crippen MR) is 81.9 cm³/mol. The van der Waals surface area contributed by atoms with E-state index in [1.54, 1.807) is 0 Å². The van der Waals surface area contributed by atoms with Gasteiger partial charge >= 0.3 is 0 Å². The zero-order valence-electron chi connectivity index (χ0n) is 12.5. The normalized spacial score (nSPS) is 19.6. The number of ether oxygens (including phenoxy) is 1. The molecule has 1 fully saturated rings. The average molecular weight is 277 g/mol. The Kier molecular flexibility index (Phi) is 5.44. The number of aliphatic hydroxyl groups is 1. The fourth-order valence-electron chi connectivity index (χ4n) is 2.89. The van der Waals surface area contributed by atoms with Gasteiger partial charge in [0.15, 0.2) is 0 Å². The van der Waals surface area contributed by atoms with Crippen LogP contribution >= 0.6 is 0 Å². The van der Waals surface area contributed by atoms with Crippen molar-refractivity contribution in [1.82, 2.24) is 0 Å². The molecule has 0 radical (unpaired) electrons. The Bertz CT molecular complexity index is 413. The second-order valence-corrected chi connectivity index (χ2v) is 6.10. The van der Waals surface area contributed by atoms with Gasteiger partial charge in [-0.05, 0) is 50.3 Å². The molecule has 1 aliphatic carbocycles. The lowest BCUT2D eigenvalue weighted by Crippen LogP contribution is -2.31. The van der Waals surface area contributed by atoms with Crippen molar-refractivity contribution in [3.63, 3.8) is 0 Å². The van der Waals surface area contributed by atoms with Crippen molar-refractivity contribution in [3.05, 3.63) is 29.8 Å². The predicted octanol–water partition coefficient (Wildman–Crippen LogP) is 3.04. The average Bonchev–Trinajstić information content (AvgIpc) is 2.46. The fraction of sp³-hybridized carbons (Fsp3) is 0.647. The Balaban J connectivity index is 1.90. The molecule has 3 N–H and O–H groups in total. The molecule has 0 spiro atoms. The highest BCUT2D eigenvalue weighted by Crippen LogP contribution is 2.32. The van der Waals surface area contributed by atoms with Gasteiger partial charge in [0.25, 0.3) is 0 Å². The van der Waals surface area contributed by atoms with Gasteiger partial charge in [-0.15, -0.1) is 0 Å². The Morgan fingerprint density at radius 2 is 2.05 bits per heavy atom. The number of hydrogen-bond donors (Lipinski definition) is 2. The van der Waals surface area contributed by atoms with Crippen molar-refractivity contribution in [2.45, 2.75) is 63.6 Å². The maximum atomic E-state index is 10.5. The van der Waals surface area contributed by atoms with Gasteiger partial charge in [0, 0.05) is 6.54 Å². The van der Waals surface area contributed by atoms with E-state index in [4.69, 9.17) is 10.5 Å². The first-order valence-electron chi connectivity index (χ1n) is 7.79. The van der Waals surface area contributed by atoms with Gasteiger partial charge in [0.1, 0.15) is 11.9 Å². The molecular formula is C17H27NO2. The highest BCUT2D eigenvalue weighted by Gasteiger charge is 2.28.